The van der Waals surface area contributed by atoms with Crippen LogP contribution in [0.25, 0.3) is 0 Å². The molecule has 2 heterocycles. The van der Waals surface area contributed by atoms with Crippen molar-refractivity contribution in [3.8, 4) is 0 Å². The van der Waals surface area contributed by atoms with Crippen LogP contribution in [0.3, 0.4) is 0 Å². The summed E-state index contributed by atoms with van der Waals surface area (Å²) in [5, 5.41) is 19.0. The highest BCUT2D eigenvalue weighted by atomic mass is 16.8. The van der Waals surface area contributed by atoms with Gasteiger partial charge in [-0.05, 0) is 65.3 Å². The summed E-state index contributed by atoms with van der Waals surface area (Å²) in [4.78, 5) is 9.17. The molecule has 8 heteroatoms. The van der Waals surface area contributed by atoms with Crippen molar-refractivity contribution in [2.45, 2.75) is 24.9 Å². The number of hydrogen-bond donors (Lipinski definition) is 3. The first kappa shape index (κ1) is 24.3. The van der Waals surface area contributed by atoms with Crippen molar-refractivity contribution in [1.82, 2.24) is 9.80 Å². The summed E-state index contributed by atoms with van der Waals surface area (Å²) >= 11 is 0. The molecule has 2 fully saturated rings. The normalized spacial score (nSPS) is 21.8. The number of rotatable bonds is 5. The number of likely N-dealkylation sites (N-methyl/N-ethyl adjacent to an activating group) is 2. The van der Waals surface area contributed by atoms with Gasteiger partial charge in [-0.15, -0.1) is 0 Å². The maximum atomic E-state index is 10.9. The van der Waals surface area contributed by atoms with Crippen molar-refractivity contribution in [3.05, 3.63) is 53.7 Å². The van der Waals surface area contributed by atoms with Gasteiger partial charge in [0.1, 0.15) is 0 Å². The summed E-state index contributed by atoms with van der Waals surface area (Å²) in [5.74, 6) is 0. The van der Waals surface area contributed by atoms with Crippen molar-refractivity contribution in [2.24, 2.45) is 0 Å². The molecule has 0 aliphatic carbocycles. The Hall–Kier alpha value is -2.36. The second kappa shape index (κ2) is 11.0. The van der Waals surface area contributed by atoms with Crippen LogP contribution in [-0.4, -0.2) is 81.5 Å². The second-order valence-corrected chi connectivity index (χ2v) is 9.15. The third-order valence-electron chi connectivity index (χ3n) is 6.48. The van der Waals surface area contributed by atoms with E-state index in [9.17, 15) is 5.21 Å². The number of nitrogens with two attached hydrogens (primary N) is 1. The fourth-order valence-electron chi connectivity index (χ4n) is 4.35. The van der Waals surface area contributed by atoms with E-state index in [1.54, 1.807) is 12.1 Å². The van der Waals surface area contributed by atoms with Gasteiger partial charge < -0.3 is 30.5 Å². The molecule has 0 radical (unpaired) electrons. The second-order valence-electron chi connectivity index (χ2n) is 9.15. The lowest BCUT2D eigenvalue weighted by molar-refractivity contribution is -0.991. The van der Waals surface area contributed by atoms with E-state index in [0.717, 1.165) is 44.0 Å². The summed E-state index contributed by atoms with van der Waals surface area (Å²) in [5.41, 5.74) is 9.25. The van der Waals surface area contributed by atoms with Crippen molar-refractivity contribution in [2.75, 3.05) is 69.9 Å². The molecular weight excluding hydrogens is 404 g/mol. The third kappa shape index (κ3) is 6.34. The van der Waals surface area contributed by atoms with Crippen LogP contribution in [-0.2, 0) is 0 Å². The Morgan fingerprint density at radius 3 is 1.81 bits per heavy atom. The van der Waals surface area contributed by atoms with Crippen molar-refractivity contribution in [3.63, 3.8) is 0 Å². The minimum atomic E-state index is -0.866. The number of nitrogens with one attached hydrogen (secondary N) is 1. The first-order valence-electron chi connectivity index (χ1n) is 11.3. The molecule has 3 atom stereocenters. The van der Waals surface area contributed by atoms with Crippen LogP contribution in [0.5, 0.6) is 0 Å². The molecular formula is C24H38N6O2. The van der Waals surface area contributed by atoms with Crippen LogP contribution >= 0.6 is 0 Å². The summed E-state index contributed by atoms with van der Waals surface area (Å²) in [6, 6.07) is 16.5. The quantitative estimate of drug-likeness (QED) is 0.479. The smallest absolute Gasteiger partial charge is 0.165 e. The number of benzene rings is 2. The van der Waals surface area contributed by atoms with Gasteiger partial charge in [-0.3, -0.25) is 0 Å². The minimum absolute atomic E-state index is 0.357. The van der Waals surface area contributed by atoms with Gasteiger partial charge in [0.2, 0.25) is 0 Å². The lowest BCUT2D eigenvalue weighted by Gasteiger charge is -2.22. The van der Waals surface area contributed by atoms with Gasteiger partial charge in [-0.1, -0.05) is 12.1 Å². The van der Waals surface area contributed by atoms with E-state index in [1.165, 1.54) is 12.1 Å². The Morgan fingerprint density at radius 2 is 1.38 bits per heavy atom. The van der Waals surface area contributed by atoms with Gasteiger partial charge in [0.25, 0.3) is 0 Å². The highest BCUT2D eigenvalue weighted by Crippen LogP contribution is 2.24. The Morgan fingerprint density at radius 1 is 0.875 bits per heavy atom. The van der Waals surface area contributed by atoms with Crippen LogP contribution in [0.4, 0.5) is 22.7 Å². The van der Waals surface area contributed by atoms with Crippen molar-refractivity contribution < 1.29 is 10.4 Å². The number of nitrogen functional groups attached to an aromatic ring is 1. The Kier molecular flexibility index (Phi) is 8.33. The molecule has 176 valence electrons. The maximum Gasteiger partial charge on any atom is 0.165 e. The summed E-state index contributed by atoms with van der Waals surface area (Å²) < 4.78 is 0. The minimum Gasteiger partial charge on any atom is -0.595 e. The fourth-order valence-corrected chi connectivity index (χ4v) is 4.35. The standard InChI is InChI=1S/C12H19N3O2.C12H19N3/c1-13(2)12-6-7-14(9-12)10-4-3-5-11(8-10)15(16)17;1-14(2)12-6-7-15(9-12)11-5-3-4-10(13)8-11/h3-5,8,12,15-16H,6-7,9H2,1-2H3;3-5,8,12H,6-7,9,13H2,1-2H3. The van der Waals surface area contributed by atoms with Crippen LogP contribution in [0.2, 0.25) is 0 Å². The van der Waals surface area contributed by atoms with Crippen LogP contribution in [0.1, 0.15) is 12.8 Å². The lowest BCUT2D eigenvalue weighted by Crippen LogP contribution is -2.99. The van der Waals surface area contributed by atoms with Gasteiger partial charge in [0.15, 0.2) is 5.69 Å². The monoisotopic (exact) mass is 442 g/mol. The largest absolute Gasteiger partial charge is 0.595 e. The number of hydrogen-bond acceptors (Lipinski definition) is 7. The molecule has 0 saturated carbocycles. The predicted octanol–water partition coefficient (Wildman–Crippen LogP) is 1.64. The van der Waals surface area contributed by atoms with Gasteiger partial charge in [-0.2, -0.15) is 5.23 Å². The fraction of sp³-hybridized carbons (Fsp3) is 0.500. The number of anilines is 3. The average molecular weight is 443 g/mol. The molecule has 0 aromatic heterocycles. The molecule has 2 aromatic carbocycles. The summed E-state index contributed by atoms with van der Waals surface area (Å²) in [6.45, 7) is 4.20. The number of nitrogens with zero attached hydrogens (tertiary/aromatic N) is 4. The predicted molar refractivity (Wildman–Crippen MR) is 132 cm³/mol. The Bertz CT molecular complexity index is 860. The molecule has 0 amide bonds. The van der Waals surface area contributed by atoms with E-state index < -0.39 is 5.23 Å². The molecule has 4 N–H and O–H groups in total. The van der Waals surface area contributed by atoms with E-state index in [0.29, 0.717) is 17.8 Å². The molecule has 32 heavy (non-hydrogen) atoms. The summed E-state index contributed by atoms with van der Waals surface area (Å²) in [7, 11) is 8.46. The Balaban J connectivity index is 0.000000182. The first-order valence-corrected chi connectivity index (χ1v) is 11.3. The van der Waals surface area contributed by atoms with E-state index in [-0.39, 0.29) is 0 Å². The van der Waals surface area contributed by atoms with E-state index in [2.05, 4.69) is 59.9 Å². The van der Waals surface area contributed by atoms with E-state index in [1.807, 2.05) is 24.3 Å². The van der Waals surface area contributed by atoms with Gasteiger partial charge in [-0.25, -0.2) is 5.21 Å². The average Bonchev–Trinajstić information content (AvgIpc) is 3.45. The van der Waals surface area contributed by atoms with Gasteiger partial charge in [0.05, 0.1) is 0 Å². The van der Waals surface area contributed by atoms with Crippen LogP contribution < -0.4 is 20.8 Å². The third-order valence-corrected chi connectivity index (χ3v) is 6.48. The van der Waals surface area contributed by atoms with Gasteiger partial charge >= 0.3 is 0 Å². The molecule has 0 spiro atoms. The first-order chi connectivity index (χ1) is 15.2. The zero-order valence-corrected chi connectivity index (χ0v) is 19.7. The van der Waals surface area contributed by atoms with E-state index >= 15 is 0 Å². The highest BCUT2D eigenvalue weighted by molar-refractivity contribution is 5.56. The van der Waals surface area contributed by atoms with Crippen LogP contribution in [0, 0.1) is 5.21 Å². The zero-order valence-electron chi connectivity index (χ0n) is 19.7. The molecule has 2 aliphatic heterocycles. The molecule has 4 rings (SSSR count). The lowest BCUT2D eigenvalue weighted by atomic mass is 10.2. The molecule has 3 unspecified atom stereocenters. The highest BCUT2D eigenvalue weighted by Gasteiger charge is 2.25. The molecule has 0 bridgehead atoms. The molecule has 8 nitrogen and oxygen atoms in total. The summed E-state index contributed by atoms with van der Waals surface area (Å²) in [6.07, 6.45) is 2.37. The molecule has 2 aromatic rings. The topological polar surface area (TPSA) is 86.7 Å². The number of quaternary nitrogens is 1. The van der Waals surface area contributed by atoms with Crippen LogP contribution in [0.15, 0.2) is 48.5 Å². The SMILES string of the molecule is CN(C)C1CCN(c2cccc(N)c2)C1.CN(C)C1CCN(c2cccc([NH+]([O-])O)c2)C1. The maximum absolute atomic E-state index is 10.9. The Labute approximate surface area is 191 Å². The van der Waals surface area contributed by atoms with E-state index in [4.69, 9.17) is 10.9 Å². The van der Waals surface area contributed by atoms with Crippen molar-refractivity contribution >= 4 is 22.7 Å². The molecule has 2 aliphatic rings. The zero-order chi connectivity index (χ0) is 23.3. The molecule has 2 saturated heterocycles. The van der Waals surface area contributed by atoms with Gasteiger partial charge in [0, 0.05) is 67.5 Å². The van der Waals surface area contributed by atoms with Crippen molar-refractivity contribution in [1.29, 1.82) is 0 Å².